The van der Waals surface area contributed by atoms with E-state index in [1.54, 1.807) is 0 Å². The van der Waals surface area contributed by atoms with Crippen LogP contribution >= 0.6 is 23.2 Å². The van der Waals surface area contributed by atoms with E-state index in [0.29, 0.717) is 13.1 Å². The minimum absolute atomic E-state index is 0. The van der Waals surface area contributed by atoms with Crippen LogP contribution in [0.5, 0.6) is 0 Å². The minimum atomic E-state index is -0.455. The molecule has 0 saturated carbocycles. The monoisotopic (exact) mass is 292 g/mol. The number of nitrogens with zero attached hydrogens (tertiary/aromatic N) is 1. The van der Waals surface area contributed by atoms with Crippen molar-refractivity contribution in [2.45, 2.75) is 12.2 Å². The Morgan fingerprint density at radius 1 is 1.19 bits per heavy atom. The molecule has 1 saturated heterocycles. The lowest BCUT2D eigenvalue weighted by atomic mass is 10.4. The van der Waals surface area contributed by atoms with E-state index in [4.69, 9.17) is 23.2 Å². The highest BCUT2D eigenvalue weighted by Crippen LogP contribution is 1.95. The molecule has 7 heteroatoms. The van der Waals surface area contributed by atoms with E-state index in [9.17, 15) is 10.2 Å². The van der Waals surface area contributed by atoms with Crippen molar-refractivity contribution < 1.29 is 27.5 Å². The molecule has 1 aliphatic rings. The molecule has 1 rings (SSSR count). The van der Waals surface area contributed by atoms with Crippen LogP contribution in [0.2, 0.25) is 0 Å². The van der Waals surface area contributed by atoms with E-state index < -0.39 is 12.2 Å². The summed E-state index contributed by atoms with van der Waals surface area (Å²) in [5.74, 6) is 0.559. The van der Waals surface area contributed by atoms with Gasteiger partial charge in [0.2, 0.25) is 0 Å². The highest BCUT2D eigenvalue weighted by molar-refractivity contribution is 6.18. The molecule has 16 heavy (non-hydrogen) atoms. The van der Waals surface area contributed by atoms with Crippen molar-refractivity contribution in [1.29, 1.82) is 0 Å². The van der Waals surface area contributed by atoms with Gasteiger partial charge in [0, 0.05) is 12.4 Å². The number of rotatable bonds is 6. The Morgan fingerprint density at radius 3 is 2.38 bits per heavy atom. The lowest BCUT2D eigenvalue weighted by molar-refractivity contribution is -0.894. The Balaban J connectivity index is 0.00000225. The Hall–Kier alpha value is 0.710. The number of alkyl halides is 2. The highest BCUT2D eigenvalue weighted by atomic mass is 35.5. The van der Waals surface area contributed by atoms with Crippen LogP contribution in [0.25, 0.3) is 0 Å². The summed E-state index contributed by atoms with van der Waals surface area (Å²) in [6, 6.07) is 0. The summed E-state index contributed by atoms with van der Waals surface area (Å²) in [5.41, 5.74) is 0. The minimum Gasteiger partial charge on any atom is -1.00 e. The van der Waals surface area contributed by atoms with Crippen molar-refractivity contribution in [2.75, 3.05) is 44.6 Å². The molecule has 0 aromatic rings. The summed E-state index contributed by atoms with van der Waals surface area (Å²) >= 11 is 11.1. The van der Waals surface area contributed by atoms with Gasteiger partial charge in [0.15, 0.2) is 0 Å². The first-order valence-electron chi connectivity index (χ1n) is 5.19. The summed E-state index contributed by atoms with van der Waals surface area (Å²) in [6.07, 6.45) is -0.886. The van der Waals surface area contributed by atoms with E-state index in [1.165, 1.54) is 4.90 Å². The molecule has 3 N–H and O–H groups in total. The normalized spacial score (nSPS) is 25.1. The SMILES string of the molecule is OC(CCl)CN1CC[NH+](CC(O)CCl)C1.[Cl-]. The number of hydrogen-bond donors (Lipinski definition) is 3. The third-order valence-electron chi connectivity index (χ3n) is 2.58. The fourth-order valence-electron chi connectivity index (χ4n) is 1.85. The fraction of sp³-hybridized carbons (Fsp3) is 1.00. The van der Waals surface area contributed by atoms with Crippen molar-refractivity contribution in [3.63, 3.8) is 0 Å². The van der Waals surface area contributed by atoms with Crippen LogP contribution in [0.3, 0.4) is 0 Å². The first-order chi connectivity index (χ1) is 7.15. The number of β-amino-alcohol motifs (C(OH)–C–C–N with tert-alkyl or cyclic N) is 1. The largest absolute Gasteiger partial charge is 1.00 e. The van der Waals surface area contributed by atoms with Gasteiger partial charge in [-0.3, -0.25) is 0 Å². The summed E-state index contributed by atoms with van der Waals surface area (Å²) in [6.45, 7) is 4.07. The number of aliphatic hydroxyl groups is 2. The molecule has 1 heterocycles. The molecule has 1 aliphatic heterocycles. The maximum Gasteiger partial charge on any atom is 0.133 e. The third-order valence-corrected chi connectivity index (χ3v) is 3.29. The summed E-state index contributed by atoms with van der Waals surface area (Å²) in [4.78, 5) is 3.47. The summed E-state index contributed by atoms with van der Waals surface area (Å²) < 4.78 is 0. The van der Waals surface area contributed by atoms with Gasteiger partial charge in [0.05, 0.1) is 25.1 Å². The van der Waals surface area contributed by atoms with Crippen molar-refractivity contribution in [3.05, 3.63) is 0 Å². The highest BCUT2D eigenvalue weighted by Gasteiger charge is 2.26. The van der Waals surface area contributed by atoms with Crippen molar-refractivity contribution in [3.8, 4) is 0 Å². The van der Waals surface area contributed by atoms with Gasteiger partial charge in [-0.25, -0.2) is 4.90 Å². The van der Waals surface area contributed by atoms with E-state index in [0.717, 1.165) is 19.8 Å². The van der Waals surface area contributed by atoms with Crippen LogP contribution in [0.15, 0.2) is 0 Å². The van der Waals surface area contributed by atoms with Gasteiger partial charge >= 0.3 is 0 Å². The Kier molecular flexibility index (Phi) is 9.14. The van der Waals surface area contributed by atoms with Gasteiger partial charge in [0.25, 0.3) is 0 Å². The molecule has 1 fully saturated rings. The summed E-state index contributed by atoms with van der Waals surface area (Å²) in [5, 5.41) is 18.8. The Labute approximate surface area is 113 Å². The molecule has 98 valence electrons. The van der Waals surface area contributed by atoms with E-state index >= 15 is 0 Å². The lowest BCUT2D eigenvalue weighted by Gasteiger charge is -2.18. The van der Waals surface area contributed by atoms with E-state index in [-0.39, 0.29) is 24.2 Å². The molecule has 0 amide bonds. The van der Waals surface area contributed by atoms with Crippen LogP contribution in [0.1, 0.15) is 0 Å². The van der Waals surface area contributed by atoms with Crippen LogP contribution in [0.4, 0.5) is 0 Å². The van der Waals surface area contributed by atoms with E-state index in [1.807, 2.05) is 0 Å². The number of nitrogens with one attached hydrogen (secondary N) is 1. The zero-order valence-corrected chi connectivity index (χ0v) is 11.3. The van der Waals surface area contributed by atoms with Crippen molar-refractivity contribution in [2.24, 2.45) is 0 Å². The molecule has 0 aromatic carbocycles. The smallest absolute Gasteiger partial charge is 0.133 e. The summed E-state index contributed by atoms with van der Waals surface area (Å²) in [7, 11) is 0. The first kappa shape index (κ1) is 16.7. The topological polar surface area (TPSA) is 48.1 Å². The molecule has 0 radical (unpaired) electrons. The van der Waals surface area contributed by atoms with Crippen LogP contribution in [-0.2, 0) is 0 Å². The lowest BCUT2D eigenvalue weighted by Crippen LogP contribution is -3.12. The predicted molar refractivity (Wildman–Crippen MR) is 60.6 cm³/mol. The number of quaternary nitrogens is 1. The Morgan fingerprint density at radius 2 is 1.81 bits per heavy atom. The quantitative estimate of drug-likeness (QED) is 0.432. The second kappa shape index (κ2) is 8.75. The maximum absolute atomic E-state index is 9.39. The van der Waals surface area contributed by atoms with Crippen LogP contribution < -0.4 is 17.3 Å². The van der Waals surface area contributed by atoms with Gasteiger partial charge in [-0.15, -0.1) is 23.2 Å². The van der Waals surface area contributed by atoms with Gasteiger partial charge in [-0.2, -0.15) is 0 Å². The molecule has 0 aliphatic carbocycles. The molecule has 0 bridgehead atoms. The number of aliphatic hydroxyl groups excluding tert-OH is 2. The molecule has 0 aromatic heterocycles. The van der Waals surface area contributed by atoms with Gasteiger partial charge in [-0.05, 0) is 0 Å². The maximum atomic E-state index is 9.39. The second-order valence-electron chi connectivity index (χ2n) is 4.06. The van der Waals surface area contributed by atoms with E-state index in [2.05, 4.69) is 4.90 Å². The zero-order valence-electron chi connectivity index (χ0n) is 9.08. The van der Waals surface area contributed by atoms with Crippen molar-refractivity contribution in [1.82, 2.24) is 4.90 Å². The fourth-order valence-corrected chi connectivity index (χ4v) is 2.05. The standard InChI is InChI=1S/C9H18Cl2N2O2.ClH/c10-3-8(14)5-12-1-2-13(7-12)6-9(15)4-11;/h8-9,14-15H,1-7H2;1H. The van der Waals surface area contributed by atoms with Crippen molar-refractivity contribution >= 4 is 23.2 Å². The molecule has 3 unspecified atom stereocenters. The molecule has 4 nitrogen and oxygen atoms in total. The average molecular weight is 294 g/mol. The van der Waals surface area contributed by atoms with Gasteiger partial charge < -0.3 is 27.5 Å². The second-order valence-corrected chi connectivity index (χ2v) is 4.67. The molecule has 0 spiro atoms. The number of hydrogen-bond acceptors (Lipinski definition) is 3. The molecule has 3 atom stereocenters. The van der Waals surface area contributed by atoms with Crippen LogP contribution in [0, 0.1) is 0 Å². The van der Waals surface area contributed by atoms with Gasteiger partial charge in [0.1, 0.15) is 19.3 Å². The number of halogens is 3. The zero-order chi connectivity index (χ0) is 11.3. The molecular weight excluding hydrogens is 274 g/mol. The predicted octanol–water partition coefficient (Wildman–Crippen LogP) is -4.65. The first-order valence-corrected chi connectivity index (χ1v) is 6.26. The Bertz CT molecular complexity index is 170. The average Bonchev–Trinajstić information content (AvgIpc) is 2.65. The molecular formula is C9H19Cl3N2O2. The van der Waals surface area contributed by atoms with Crippen LogP contribution in [-0.4, -0.2) is 71.9 Å². The van der Waals surface area contributed by atoms with Gasteiger partial charge in [-0.1, -0.05) is 0 Å². The third kappa shape index (κ3) is 5.87.